The molecule has 1 N–H and O–H groups in total. The summed E-state index contributed by atoms with van der Waals surface area (Å²) in [5.74, 6) is -0.228. The lowest BCUT2D eigenvalue weighted by Gasteiger charge is -2.28. The van der Waals surface area contributed by atoms with Crippen molar-refractivity contribution in [2.24, 2.45) is 0 Å². The number of imide groups is 1. The summed E-state index contributed by atoms with van der Waals surface area (Å²) in [6.07, 6.45) is 3.45. The van der Waals surface area contributed by atoms with Crippen LogP contribution in [0.5, 0.6) is 0 Å². The SMILES string of the molecule is O=C1CN(Cc2cccc(N3CCC[C@H]3Cc3ccccc3)c2)C(=O)N1. The normalized spacial score (nSPS) is 19.9. The Balaban J connectivity index is 1.48. The molecule has 4 rings (SSSR count). The summed E-state index contributed by atoms with van der Waals surface area (Å²) in [6, 6.07) is 19.2. The number of hydrogen-bond donors (Lipinski definition) is 1. The lowest BCUT2D eigenvalue weighted by molar-refractivity contribution is -0.118. The Hall–Kier alpha value is -2.82. The van der Waals surface area contributed by atoms with Gasteiger partial charge in [0.1, 0.15) is 6.54 Å². The van der Waals surface area contributed by atoms with E-state index in [-0.39, 0.29) is 18.5 Å². The molecule has 0 radical (unpaired) electrons. The van der Waals surface area contributed by atoms with Crippen molar-refractivity contribution in [3.63, 3.8) is 0 Å². The number of hydrogen-bond acceptors (Lipinski definition) is 3. The van der Waals surface area contributed by atoms with Gasteiger partial charge < -0.3 is 9.80 Å². The first kappa shape index (κ1) is 16.6. The van der Waals surface area contributed by atoms with Gasteiger partial charge in [-0.15, -0.1) is 0 Å². The Bertz CT molecular complexity index is 806. The van der Waals surface area contributed by atoms with Crippen molar-refractivity contribution in [1.29, 1.82) is 0 Å². The van der Waals surface area contributed by atoms with E-state index >= 15 is 0 Å². The van der Waals surface area contributed by atoms with Gasteiger partial charge in [-0.05, 0) is 42.5 Å². The van der Waals surface area contributed by atoms with E-state index in [0.717, 1.165) is 18.5 Å². The van der Waals surface area contributed by atoms with Crippen LogP contribution < -0.4 is 10.2 Å². The molecule has 2 heterocycles. The summed E-state index contributed by atoms with van der Waals surface area (Å²) in [6.45, 7) is 1.66. The van der Waals surface area contributed by atoms with Gasteiger partial charge >= 0.3 is 6.03 Å². The molecule has 2 aliphatic heterocycles. The highest BCUT2D eigenvalue weighted by molar-refractivity contribution is 6.01. The van der Waals surface area contributed by atoms with Crippen LogP contribution in [0.15, 0.2) is 54.6 Å². The van der Waals surface area contributed by atoms with Crippen molar-refractivity contribution < 1.29 is 9.59 Å². The maximum atomic E-state index is 11.8. The maximum Gasteiger partial charge on any atom is 0.324 e. The molecule has 2 fully saturated rings. The minimum atomic E-state index is -0.302. The standard InChI is InChI=1S/C21H23N3O2/c25-20-15-23(21(26)22-20)14-17-8-4-9-18(13-17)24-11-5-10-19(24)12-16-6-2-1-3-7-16/h1-4,6-9,13,19H,5,10-12,14-15H2,(H,22,25,26)/t19-/m0/s1. The Morgan fingerprint density at radius 1 is 1.00 bits per heavy atom. The van der Waals surface area contributed by atoms with Crippen LogP contribution in [0.2, 0.25) is 0 Å². The van der Waals surface area contributed by atoms with E-state index in [2.05, 4.69) is 52.7 Å². The molecule has 0 spiro atoms. The number of benzene rings is 2. The molecule has 2 aromatic rings. The monoisotopic (exact) mass is 349 g/mol. The first-order valence-electron chi connectivity index (χ1n) is 9.17. The number of rotatable bonds is 5. The van der Waals surface area contributed by atoms with Crippen LogP contribution >= 0.6 is 0 Å². The number of amides is 3. The third-order valence-electron chi connectivity index (χ3n) is 5.17. The van der Waals surface area contributed by atoms with E-state index in [1.54, 1.807) is 4.90 Å². The van der Waals surface area contributed by atoms with Gasteiger partial charge in [-0.2, -0.15) is 0 Å². The van der Waals surface area contributed by atoms with Gasteiger partial charge in [0.25, 0.3) is 0 Å². The van der Waals surface area contributed by atoms with Gasteiger partial charge in [-0.3, -0.25) is 10.1 Å². The molecule has 2 aromatic carbocycles. The topological polar surface area (TPSA) is 52.7 Å². The molecule has 2 aliphatic rings. The minimum Gasteiger partial charge on any atom is -0.368 e. The Morgan fingerprint density at radius 3 is 2.58 bits per heavy atom. The fourth-order valence-corrected chi connectivity index (χ4v) is 3.94. The zero-order chi connectivity index (χ0) is 17.9. The van der Waals surface area contributed by atoms with Crippen LogP contribution in [0, 0.1) is 0 Å². The molecule has 26 heavy (non-hydrogen) atoms. The van der Waals surface area contributed by atoms with E-state index in [1.165, 1.54) is 24.1 Å². The zero-order valence-electron chi connectivity index (χ0n) is 14.7. The molecule has 0 aliphatic carbocycles. The average Bonchev–Trinajstić information content (AvgIpc) is 3.22. The van der Waals surface area contributed by atoms with Gasteiger partial charge in [-0.25, -0.2) is 4.79 Å². The third kappa shape index (κ3) is 3.57. The largest absolute Gasteiger partial charge is 0.368 e. The molecule has 2 saturated heterocycles. The quantitative estimate of drug-likeness (QED) is 0.845. The second-order valence-electron chi connectivity index (χ2n) is 7.06. The first-order valence-corrected chi connectivity index (χ1v) is 9.17. The van der Waals surface area contributed by atoms with Crippen LogP contribution in [-0.4, -0.2) is 36.0 Å². The molecular weight excluding hydrogens is 326 g/mol. The summed E-state index contributed by atoms with van der Waals surface area (Å²) in [5, 5.41) is 2.33. The Kier molecular flexibility index (Phi) is 4.61. The summed E-state index contributed by atoms with van der Waals surface area (Å²) < 4.78 is 0. The molecular formula is C21H23N3O2. The Labute approximate surface area is 153 Å². The van der Waals surface area contributed by atoms with Crippen molar-refractivity contribution >= 4 is 17.6 Å². The van der Waals surface area contributed by atoms with Crippen molar-refractivity contribution in [3.8, 4) is 0 Å². The molecule has 5 nitrogen and oxygen atoms in total. The minimum absolute atomic E-state index is 0.142. The predicted octanol–water partition coefficient (Wildman–Crippen LogP) is 2.95. The fraction of sp³-hybridized carbons (Fsp3) is 0.333. The molecule has 5 heteroatoms. The van der Waals surface area contributed by atoms with Crippen LogP contribution in [0.25, 0.3) is 0 Å². The average molecular weight is 349 g/mol. The molecule has 0 aromatic heterocycles. The van der Waals surface area contributed by atoms with E-state index in [0.29, 0.717) is 12.6 Å². The summed E-state index contributed by atoms with van der Waals surface area (Å²) in [7, 11) is 0. The molecule has 0 bridgehead atoms. The first-order chi connectivity index (χ1) is 12.7. The van der Waals surface area contributed by atoms with Crippen LogP contribution in [0.4, 0.5) is 10.5 Å². The molecule has 134 valence electrons. The number of carbonyl (C=O) groups excluding carboxylic acids is 2. The molecule has 1 atom stereocenters. The summed E-state index contributed by atoms with van der Waals surface area (Å²) in [5.41, 5.74) is 3.62. The Morgan fingerprint density at radius 2 is 1.81 bits per heavy atom. The summed E-state index contributed by atoms with van der Waals surface area (Å²) >= 11 is 0. The predicted molar refractivity (Wildman–Crippen MR) is 101 cm³/mol. The smallest absolute Gasteiger partial charge is 0.324 e. The van der Waals surface area contributed by atoms with Gasteiger partial charge in [0.2, 0.25) is 5.91 Å². The van der Waals surface area contributed by atoms with Crippen molar-refractivity contribution in [2.45, 2.75) is 31.8 Å². The van der Waals surface area contributed by atoms with Crippen LogP contribution in [0.1, 0.15) is 24.0 Å². The van der Waals surface area contributed by atoms with Crippen molar-refractivity contribution in [2.75, 3.05) is 18.0 Å². The van der Waals surface area contributed by atoms with E-state index < -0.39 is 0 Å². The lowest BCUT2D eigenvalue weighted by atomic mass is 10.0. The van der Waals surface area contributed by atoms with Crippen molar-refractivity contribution in [3.05, 3.63) is 65.7 Å². The van der Waals surface area contributed by atoms with E-state index in [9.17, 15) is 9.59 Å². The van der Waals surface area contributed by atoms with Crippen molar-refractivity contribution in [1.82, 2.24) is 10.2 Å². The van der Waals surface area contributed by atoms with Gasteiger partial charge in [0.05, 0.1) is 0 Å². The highest BCUT2D eigenvalue weighted by Gasteiger charge is 2.28. The van der Waals surface area contributed by atoms with E-state index in [4.69, 9.17) is 0 Å². The highest BCUT2D eigenvalue weighted by atomic mass is 16.2. The number of nitrogens with one attached hydrogen (secondary N) is 1. The van der Waals surface area contributed by atoms with Crippen LogP contribution in [-0.2, 0) is 17.8 Å². The third-order valence-corrected chi connectivity index (χ3v) is 5.17. The van der Waals surface area contributed by atoms with Gasteiger partial charge in [-0.1, -0.05) is 42.5 Å². The number of urea groups is 1. The summed E-state index contributed by atoms with van der Waals surface area (Å²) in [4.78, 5) is 27.2. The number of carbonyl (C=O) groups is 2. The number of nitrogens with zero attached hydrogens (tertiary/aromatic N) is 2. The number of anilines is 1. The fourth-order valence-electron chi connectivity index (χ4n) is 3.94. The van der Waals surface area contributed by atoms with E-state index in [1.807, 2.05) is 12.1 Å². The van der Waals surface area contributed by atoms with Gasteiger partial charge in [0, 0.05) is 24.8 Å². The highest BCUT2D eigenvalue weighted by Crippen LogP contribution is 2.28. The van der Waals surface area contributed by atoms with Crippen LogP contribution in [0.3, 0.4) is 0 Å². The molecule has 0 unspecified atom stereocenters. The second kappa shape index (κ2) is 7.20. The molecule has 0 saturated carbocycles. The molecule has 3 amide bonds. The maximum absolute atomic E-state index is 11.8. The zero-order valence-corrected chi connectivity index (χ0v) is 14.7. The second-order valence-corrected chi connectivity index (χ2v) is 7.06. The van der Waals surface area contributed by atoms with Gasteiger partial charge in [0.15, 0.2) is 0 Å². The lowest BCUT2D eigenvalue weighted by Crippen LogP contribution is -2.31.